The molecular formula is C16H23ClN2O2. The first-order valence-electron chi connectivity index (χ1n) is 7.53. The van der Waals surface area contributed by atoms with Crippen LogP contribution in [0.25, 0.3) is 0 Å². The lowest BCUT2D eigenvalue weighted by Crippen LogP contribution is -2.46. The third-order valence-corrected chi connectivity index (χ3v) is 4.22. The van der Waals surface area contributed by atoms with Gasteiger partial charge in [-0.05, 0) is 37.0 Å². The summed E-state index contributed by atoms with van der Waals surface area (Å²) in [5.41, 5.74) is 1.39. The van der Waals surface area contributed by atoms with Crippen molar-refractivity contribution < 1.29 is 9.90 Å². The fourth-order valence-corrected chi connectivity index (χ4v) is 2.68. The Bertz CT molecular complexity index is 507. The van der Waals surface area contributed by atoms with Gasteiger partial charge in [0.15, 0.2) is 0 Å². The van der Waals surface area contributed by atoms with Gasteiger partial charge in [-0.3, -0.25) is 4.79 Å². The third-order valence-electron chi connectivity index (χ3n) is 3.98. The van der Waals surface area contributed by atoms with Crippen molar-refractivity contribution in [2.45, 2.75) is 32.8 Å². The molecule has 1 fully saturated rings. The van der Waals surface area contributed by atoms with E-state index in [-0.39, 0.29) is 11.8 Å². The van der Waals surface area contributed by atoms with Crippen molar-refractivity contribution in [1.29, 1.82) is 0 Å². The molecule has 2 rings (SSSR count). The third kappa shape index (κ3) is 3.89. The molecule has 1 aliphatic heterocycles. The van der Waals surface area contributed by atoms with E-state index in [2.05, 4.69) is 12.2 Å². The van der Waals surface area contributed by atoms with E-state index >= 15 is 0 Å². The van der Waals surface area contributed by atoms with E-state index in [9.17, 15) is 9.90 Å². The number of aliphatic hydroxyl groups excluding tert-OH is 1. The number of rotatable bonds is 4. The second-order valence-corrected chi connectivity index (χ2v) is 6.14. The van der Waals surface area contributed by atoms with Crippen LogP contribution in [-0.4, -0.2) is 41.7 Å². The number of nitrogens with one attached hydrogen (secondary N) is 1. The van der Waals surface area contributed by atoms with Gasteiger partial charge in [-0.1, -0.05) is 25.4 Å². The lowest BCUT2D eigenvalue weighted by molar-refractivity contribution is 0.0249. The molecule has 5 heteroatoms. The summed E-state index contributed by atoms with van der Waals surface area (Å²) < 4.78 is 0. The Morgan fingerprint density at radius 3 is 2.95 bits per heavy atom. The van der Waals surface area contributed by atoms with Crippen LogP contribution >= 0.6 is 11.6 Å². The lowest BCUT2D eigenvalue weighted by atomic mass is 9.95. The van der Waals surface area contributed by atoms with Gasteiger partial charge in [0.05, 0.1) is 11.7 Å². The summed E-state index contributed by atoms with van der Waals surface area (Å²) in [6.45, 7) is 5.96. The number of β-amino-alcohol motifs (C(OH)–C–C–N with tert-alkyl or cyclic N) is 1. The monoisotopic (exact) mass is 310 g/mol. The average Bonchev–Trinajstić information content (AvgIpc) is 2.48. The van der Waals surface area contributed by atoms with Gasteiger partial charge >= 0.3 is 0 Å². The first-order valence-corrected chi connectivity index (χ1v) is 7.91. The molecule has 1 aromatic rings. The van der Waals surface area contributed by atoms with E-state index in [1.54, 1.807) is 17.0 Å². The van der Waals surface area contributed by atoms with Gasteiger partial charge in [0.25, 0.3) is 5.91 Å². The van der Waals surface area contributed by atoms with Gasteiger partial charge in [-0.15, -0.1) is 0 Å². The van der Waals surface area contributed by atoms with Crippen LogP contribution in [-0.2, 0) is 0 Å². The summed E-state index contributed by atoms with van der Waals surface area (Å²) in [6.07, 6.45) is 1.36. The van der Waals surface area contributed by atoms with Gasteiger partial charge < -0.3 is 15.3 Å². The number of carbonyl (C=O) groups excluding carboxylic acids is 1. The molecule has 1 aliphatic rings. The molecule has 116 valence electrons. The van der Waals surface area contributed by atoms with Gasteiger partial charge in [-0.2, -0.15) is 0 Å². The fraction of sp³-hybridized carbons (Fsp3) is 0.562. The molecular weight excluding hydrogens is 288 g/mol. The van der Waals surface area contributed by atoms with Crippen LogP contribution in [0, 0.1) is 5.92 Å². The Kier molecular flexibility index (Phi) is 5.48. The zero-order chi connectivity index (χ0) is 15.4. The highest BCUT2D eigenvalue weighted by Crippen LogP contribution is 2.25. The predicted octanol–water partition coefficient (Wildman–Crippen LogP) is 3.00. The first-order chi connectivity index (χ1) is 10.0. The van der Waals surface area contributed by atoms with Crippen LogP contribution in [0.1, 0.15) is 37.0 Å². The SMILES string of the molecule is CCCNc1ccc(Cl)cc1C(=O)N1CCC(C)C(O)C1. The number of halogens is 1. The van der Waals surface area contributed by atoms with Crippen molar-refractivity contribution in [3.8, 4) is 0 Å². The summed E-state index contributed by atoms with van der Waals surface area (Å²) in [6, 6.07) is 5.32. The number of likely N-dealkylation sites (tertiary alicyclic amines) is 1. The largest absolute Gasteiger partial charge is 0.391 e. The predicted molar refractivity (Wildman–Crippen MR) is 85.9 cm³/mol. The van der Waals surface area contributed by atoms with E-state index in [4.69, 9.17) is 11.6 Å². The summed E-state index contributed by atoms with van der Waals surface area (Å²) in [7, 11) is 0. The normalized spacial score (nSPS) is 22.2. The molecule has 1 amide bonds. The number of hydrogen-bond donors (Lipinski definition) is 2. The van der Waals surface area contributed by atoms with Crippen LogP contribution in [0.3, 0.4) is 0 Å². The number of nitrogens with zero attached hydrogens (tertiary/aromatic N) is 1. The molecule has 0 saturated carbocycles. The molecule has 21 heavy (non-hydrogen) atoms. The number of aliphatic hydroxyl groups is 1. The minimum absolute atomic E-state index is 0.0675. The minimum Gasteiger partial charge on any atom is -0.391 e. The van der Waals surface area contributed by atoms with Gasteiger partial charge in [-0.25, -0.2) is 0 Å². The molecule has 1 saturated heterocycles. The highest BCUT2D eigenvalue weighted by molar-refractivity contribution is 6.31. The highest BCUT2D eigenvalue weighted by atomic mass is 35.5. The first kappa shape index (κ1) is 16.1. The zero-order valence-corrected chi connectivity index (χ0v) is 13.4. The molecule has 0 aliphatic carbocycles. The Labute approximate surface area is 131 Å². The molecule has 2 unspecified atom stereocenters. The van der Waals surface area contributed by atoms with Crippen LogP contribution < -0.4 is 5.32 Å². The summed E-state index contributed by atoms with van der Waals surface area (Å²) >= 11 is 6.04. The van der Waals surface area contributed by atoms with E-state index < -0.39 is 6.10 Å². The van der Waals surface area contributed by atoms with E-state index in [1.165, 1.54) is 0 Å². The Morgan fingerprint density at radius 1 is 1.52 bits per heavy atom. The maximum Gasteiger partial charge on any atom is 0.256 e. The van der Waals surface area contributed by atoms with Crippen molar-refractivity contribution >= 4 is 23.2 Å². The van der Waals surface area contributed by atoms with Crippen LogP contribution in [0.5, 0.6) is 0 Å². The van der Waals surface area contributed by atoms with Crippen LogP contribution in [0.4, 0.5) is 5.69 Å². The molecule has 2 atom stereocenters. The summed E-state index contributed by atoms with van der Waals surface area (Å²) in [5, 5.41) is 13.8. The van der Waals surface area contributed by atoms with Crippen molar-refractivity contribution in [2.24, 2.45) is 5.92 Å². The van der Waals surface area contributed by atoms with E-state index in [1.807, 2.05) is 13.0 Å². The average molecular weight is 311 g/mol. The summed E-state index contributed by atoms with van der Waals surface area (Å²) in [5.74, 6) is 0.174. The number of hydrogen-bond acceptors (Lipinski definition) is 3. The maximum absolute atomic E-state index is 12.7. The standard InChI is InChI=1S/C16H23ClN2O2/c1-3-7-18-14-5-4-12(17)9-13(14)16(21)19-8-6-11(2)15(20)10-19/h4-5,9,11,15,18,20H,3,6-8,10H2,1-2H3. The van der Waals surface area contributed by atoms with Crippen molar-refractivity contribution in [3.63, 3.8) is 0 Å². The van der Waals surface area contributed by atoms with Crippen molar-refractivity contribution in [3.05, 3.63) is 28.8 Å². The molecule has 0 spiro atoms. The smallest absolute Gasteiger partial charge is 0.256 e. The number of amides is 1. The van der Waals surface area contributed by atoms with E-state index in [0.717, 1.165) is 25.1 Å². The summed E-state index contributed by atoms with van der Waals surface area (Å²) in [4.78, 5) is 14.4. The molecule has 2 N–H and O–H groups in total. The molecule has 0 bridgehead atoms. The molecule has 0 radical (unpaired) electrons. The van der Waals surface area contributed by atoms with Gasteiger partial charge in [0.2, 0.25) is 0 Å². The number of piperidine rings is 1. The number of carbonyl (C=O) groups is 1. The fourth-order valence-electron chi connectivity index (χ4n) is 2.51. The van der Waals surface area contributed by atoms with Crippen molar-refractivity contribution in [2.75, 3.05) is 25.0 Å². The number of anilines is 1. The maximum atomic E-state index is 12.7. The topological polar surface area (TPSA) is 52.6 Å². The van der Waals surface area contributed by atoms with Crippen LogP contribution in [0.15, 0.2) is 18.2 Å². The highest BCUT2D eigenvalue weighted by Gasteiger charge is 2.28. The second-order valence-electron chi connectivity index (χ2n) is 5.70. The molecule has 1 aromatic carbocycles. The lowest BCUT2D eigenvalue weighted by Gasteiger charge is -2.34. The van der Waals surface area contributed by atoms with Crippen LogP contribution in [0.2, 0.25) is 5.02 Å². The van der Waals surface area contributed by atoms with Gasteiger partial charge in [0.1, 0.15) is 0 Å². The quantitative estimate of drug-likeness (QED) is 0.899. The molecule has 1 heterocycles. The van der Waals surface area contributed by atoms with Crippen molar-refractivity contribution in [1.82, 2.24) is 4.90 Å². The zero-order valence-electron chi connectivity index (χ0n) is 12.6. The van der Waals surface area contributed by atoms with Gasteiger partial charge in [0, 0.05) is 30.3 Å². The molecule has 4 nitrogen and oxygen atoms in total. The Hall–Kier alpha value is -1.26. The minimum atomic E-state index is -0.450. The Morgan fingerprint density at radius 2 is 2.29 bits per heavy atom. The van der Waals surface area contributed by atoms with E-state index in [0.29, 0.717) is 23.7 Å². The second kappa shape index (κ2) is 7.14. The Balaban J connectivity index is 2.19. The molecule has 0 aromatic heterocycles. The number of benzene rings is 1.